The topological polar surface area (TPSA) is 136 Å². The molecule has 214 valence electrons. The molecule has 9 nitrogen and oxygen atoms in total. The third-order valence-electron chi connectivity index (χ3n) is 6.03. The molecule has 0 fully saturated rings. The van der Waals surface area contributed by atoms with Gasteiger partial charge in [-0.3, -0.25) is 19.7 Å². The Morgan fingerprint density at radius 2 is 1.33 bits per heavy atom. The van der Waals surface area contributed by atoms with Crippen molar-refractivity contribution < 1.29 is 29.3 Å². The van der Waals surface area contributed by atoms with Crippen molar-refractivity contribution in [1.29, 1.82) is 0 Å². The summed E-state index contributed by atoms with van der Waals surface area (Å²) in [6.07, 6.45) is 0. The van der Waals surface area contributed by atoms with Gasteiger partial charge in [0.2, 0.25) is 5.78 Å². The van der Waals surface area contributed by atoms with E-state index in [0.717, 1.165) is 29.4 Å². The van der Waals surface area contributed by atoms with E-state index in [9.17, 15) is 24.5 Å². The Hall–Kier alpha value is -4.93. The number of aliphatic hydroxyl groups is 1. The first-order valence-electron chi connectivity index (χ1n) is 12.6. The molecule has 0 saturated heterocycles. The van der Waals surface area contributed by atoms with Crippen molar-refractivity contribution in [2.75, 3.05) is 7.11 Å². The van der Waals surface area contributed by atoms with Gasteiger partial charge in [-0.2, -0.15) is 0 Å². The van der Waals surface area contributed by atoms with Gasteiger partial charge in [0.15, 0.2) is 11.5 Å². The molecule has 0 aliphatic heterocycles. The van der Waals surface area contributed by atoms with Gasteiger partial charge in [-0.15, -0.1) is 0 Å². The standard InChI is InChI=1S/C31H24N2O6S.CH4O/c1-19-6-4-5-7-27(19)30(35)22-9-14-25(15-10-22)40-26-16-11-23(12-17-26)31(36)29(32-39-21(3)34)28-18-24(33(37)38)13-8-20(28)2;1-2/h4-18H,1-3H3;2H,1H3/b32-29-;. The molecule has 4 aromatic rings. The maximum atomic E-state index is 13.4. The first-order valence-corrected chi connectivity index (χ1v) is 13.4. The highest BCUT2D eigenvalue weighted by atomic mass is 32.2. The van der Waals surface area contributed by atoms with Gasteiger partial charge in [-0.05, 0) is 73.5 Å². The molecule has 0 aromatic heterocycles. The van der Waals surface area contributed by atoms with Gasteiger partial charge in [-0.25, -0.2) is 4.79 Å². The van der Waals surface area contributed by atoms with Gasteiger partial charge in [0, 0.05) is 58.2 Å². The van der Waals surface area contributed by atoms with Crippen molar-refractivity contribution >= 4 is 40.7 Å². The number of Topliss-reactive ketones (excluding diaryl/α,β-unsaturated/α-hetero) is 1. The van der Waals surface area contributed by atoms with Crippen LogP contribution < -0.4 is 0 Å². The lowest BCUT2D eigenvalue weighted by atomic mass is 9.97. The number of benzene rings is 4. The molecule has 4 rings (SSSR count). The summed E-state index contributed by atoms with van der Waals surface area (Å²) in [7, 11) is 1.00. The van der Waals surface area contributed by atoms with Crippen molar-refractivity contribution in [2.24, 2.45) is 5.16 Å². The number of hydrogen-bond acceptors (Lipinski definition) is 9. The zero-order valence-corrected chi connectivity index (χ0v) is 24.2. The van der Waals surface area contributed by atoms with Crippen LogP contribution in [0.2, 0.25) is 0 Å². The molecule has 4 aromatic carbocycles. The lowest BCUT2D eigenvalue weighted by molar-refractivity contribution is -0.384. The van der Waals surface area contributed by atoms with Crippen LogP contribution in [0.3, 0.4) is 0 Å². The van der Waals surface area contributed by atoms with Gasteiger partial charge >= 0.3 is 5.97 Å². The molecule has 10 heteroatoms. The van der Waals surface area contributed by atoms with Crippen LogP contribution >= 0.6 is 11.8 Å². The Balaban J connectivity index is 0.00000237. The zero-order chi connectivity index (χ0) is 30.8. The summed E-state index contributed by atoms with van der Waals surface area (Å²) < 4.78 is 0. The smallest absolute Gasteiger partial charge is 0.332 e. The molecule has 0 heterocycles. The molecule has 0 saturated carbocycles. The zero-order valence-electron chi connectivity index (χ0n) is 23.4. The fourth-order valence-electron chi connectivity index (χ4n) is 3.91. The summed E-state index contributed by atoms with van der Waals surface area (Å²) in [4.78, 5) is 54.8. The lowest BCUT2D eigenvalue weighted by Crippen LogP contribution is -2.18. The predicted octanol–water partition coefficient (Wildman–Crippen LogP) is 6.35. The van der Waals surface area contributed by atoms with E-state index >= 15 is 0 Å². The van der Waals surface area contributed by atoms with Crippen LogP contribution in [-0.2, 0) is 9.63 Å². The molecule has 42 heavy (non-hydrogen) atoms. The summed E-state index contributed by atoms with van der Waals surface area (Å²) >= 11 is 1.46. The Kier molecular flexibility index (Phi) is 11.0. The number of rotatable bonds is 9. The number of oxime groups is 1. The summed E-state index contributed by atoms with van der Waals surface area (Å²) in [6, 6.07) is 25.5. The molecule has 0 spiro atoms. The van der Waals surface area contributed by atoms with Crippen LogP contribution in [0.4, 0.5) is 5.69 Å². The van der Waals surface area contributed by atoms with E-state index in [2.05, 4.69) is 5.16 Å². The molecule has 0 bridgehead atoms. The van der Waals surface area contributed by atoms with Gasteiger partial charge in [0.25, 0.3) is 5.69 Å². The summed E-state index contributed by atoms with van der Waals surface area (Å²) in [5.41, 5.74) is 2.76. The van der Waals surface area contributed by atoms with Crippen molar-refractivity contribution in [3.05, 3.63) is 134 Å². The Morgan fingerprint density at radius 1 is 0.786 bits per heavy atom. The second-order valence-electron chi connectivity index (χ2n) is 8.90. The number of hydrogen-bond donors (Lipinski definition) is 1. The normalized spacial score (nSPS) is 10.7. The molecular weight excluding hydrogens is 556 g/mol. The number of aliphatic hydroxyl groups excluding tert-OH is 1. The molecule has 0 radical (unpaired) electrons. The number of aryl methyl sites for hydroxylation is 2. The van der Waals surface area contributed by atoms with Gasteiger partial charge < -0.3 is 9.94 Å². The first kappa shape index (κ1) is 31.6. The minimum Gasteiger partial charge on any atom is -0.400 e. The molecule has 0 atom stereocenters. The maximum absolute atomic E-state index is 13.4. The fraction of sp³-hybridized carbons (Fsp3) is 0.125. The number of ketones is 2. The van der Waals surface area contributed by atoms with Gasteiger partial charge in [-0.1, -0.05) is 47.2 Å². The van der Waals surface area contributed by atoms with E-state index in [1.165, 1.54) is 30.0 Å². The Bertz CT molecular complexity index is 1650. The monoisotopic (exact) mass is 584 g/mol. The number of nitro benzene ring substituents is 1. The quantitative estimate of drug-likeness (QED) is 0.0790. The van der Waals surface area contributed by atoms with Crippen molar-refractivity contribution in [3.8, 4) is 0 Å². The van der Waals surface area contributed by atoms with Crippen LogP contribution in [0.15, 0.2) is 106 Å². The minimum absolute atomic E-state index is 0.0391. The van der Waals surface area contributed by atoms with Crippen LogP contribution in [0.1, 0.15) is 49.9 Å². The average molecular weight is 585 g/mol. The lowest BCUT2D eigenvalue weighted by Gasteiger charge is -2.09. The minimum atomic E-state index is -0.730. The second kappa shape index (κ2) is 14.6. The van der Waals surface area contributed by atoms with Gasteiger partial charge in [0.1, 0.15) is 0 Å². The van der Waals surface area contributed by atoms with E-state index in [1.54, 1.807) is 43.3 Å². The highest BCUT2D eigenvalue weighted by Crippen LogP contribution is 2.29. The van der Waals surface area contributed by atoms with E-state index in [1.807, 2.05) is 43.3 Å². The SMILES string of the molecule is CC(=O)O/N=C(\C(=O)c1ccc(Sc2ccc(C(=O)c3ccccc3C)cc2)cc1)c1cc([N+](=O)[O-])ccc1C.CO. The molecule has 0 aliphatic rings. The van der Waals surface area contributed by atoms with E-state index < -0.39 is 16.7 Å². The number of carbonyl (C=O) groups excluding carboxylic acids is 3. The Morgan fingerprint density at radius 3 is 1.88 bits per heavy atom. The maximum Gasteiger partial charge on any atom is 0.332 e. The molecular formula is C32H28N2O7S. The predicted molar refractivity (Wildman–Crippen MR) is 160 cm³/mol. The van der Waals surface area contributed by atoms with E-state index in [-0.39, 0.29) is 28.3 Å². The van der Waals surface area contributed by atoms with Gasteiger partial charge in [0.05, 0.1) is 4.92 Å². The van der Waals surface area contributed by atoms with Crippen LogP contribution in [0, 0.1) is 24.0 Å². The molecule has 0 amide bonds. The number of nitro groups is 1. The molecule has 1 N–H and O–H groups in total. The number of carbonyl (C=O) groups is 3. The third kappa shape index (κ3) is 7.84. The fourth-order valence-corrected chi connectivity index (χ4v) is 4.72. The van der Waals surface area contributed by atoms with Crippen molar-refractivity contribution in [3.63, 3.8) is 0 Å². The summed E-state index contributed by atoms with van der Waals surface area (Å²) in [6.45, 7) is 4.72. The largest absolute Gasteiger partial charge is 0.400 e. The third-order valence-corrected chi connectivity index (χ3v) is 7.04. The van der Waals surface area contributed by atoms with Crippen LogP contribution in [0.5, 0.6) is 0 Å². The first-order chi connectivity index (χ1) is 20.1. The number of nitrogens with zero attached hydrogens (tertiary/aromatic N) is 2. The highest BCUT2D eigenvalue weighted by Gasteiger charge is 2.22. The Labute approximate surface area is 247 Å². The molecule has 0 aliphatic carbocycles. The van der Waals surface area contributed by atoms with Crippen molar-refractivity contribution in [2.45, 2.75) is 30.6 Å². The average Bonchev–Trinajstić information content (AvgIpc) is 2.99. The van der Waals surface area contributed by atoms with Crippen LogP contribution in [0.25, 0.3) is 0 Å². The van der Waals surface area contributed by atoms with E-state index in [0.29, 0.717) is 16.7 Å². The molecule has 0 unspecified atom stereocenters. The summed E-state index contributed by atoms with van der Waals surface area (Å²) in [5.74, 6) is -1.32. The van der Waals surface area contributed by atoms with E-state index in [4.69, 9.17) is 9.94 Å². The van der Waals surface area contributed by atoms with Crippen molar-refractivity contribution in [1.82, 2.24) is 0 Å². The summed E-state index contributed by atoms with van der Waals surface area (Å²) in [5, 5.41) is 22.0. The van der Waals surface area contributed by atoms with Crippen LogP contribution in [-0.4, -0.2) is 40.4 Å². The number of non-ortho nitro benzene ring substituents is 1. The second-order valence-corrected chi connectivity index (χ2v) is 10.1. The highest BCUT2D eigenvalue weighted by molar-refractivity contribution is 7.99.